The Labute approximate surface area is 127 Å². The van der Waals surface area contributed by atoms with Crippen molar-refractivity contribution in [1.82, 2.24) is 4.98 Å². The highest BCUT2D eigenvalue weighted by atomic mass is 14.7. The zero-order chi connectivity index (χ0) is 14.5. The van der Waals surface area contributed by atoms with Crippen molar-refractivity contribution in [3.05, 3.63) is 60.2 Å². The highest BCUT2D eigenvalue weighted by Gasteiger charge is 2.12. The predicted octanol–water partition coefficient (Wildman–Crippen LogP) is 5.96. The van der Waals surface area contributed by atoms with Gasteiger partial charge in [-0.05, 0) is 30.0 Å². The van der Waals surface area contributed by atoms with E-state index in [1.165, 1.54) is 53.4 Å². The van der Waals surface area contributed by atoms with Crippen LogP contribution in [-0.2, 0) is 6.42 Å². The van der Waals surface area contributed by atoms with Crippen molar-refractivity contribution >= 4 is 10.9 Å². The van der Waals surface area contributed by atoms with Crippen molar-refractivity contribution in [2.45, 2.75) is 39.0 Å². The highest BCUT2D eigenvalue weighted by Crippen LogP contribution is 2.31. The summed E-state index contributed by atoms with van der Waals surface area (Å²) in [6.45, 7) is 2.26. The minimum absolute atomic E-state index is 1.16. The number of hydrogen-bond donors (Lipinski definition) is 1. The van der Waals surface area contributed by atoms with Gasteiger partial charge in [-0.3, -0.25) is 0 Å². The molecule has 3 aromatic rings. The molecular weight excluding hydrogens is 254 g/mol. The summed E-state index contributed by atoms with van der Waals surface area (Å²) in [6.07, 6.45) is 6.39. The standard InChI is InChI=1S/C20H23N/c1-2-3-4-8-14-18-17-13-9-10-15-19(17)21-20(18)16-11-6-5-7-12-16/h5-7,9-13,15,21H,2-4,8,14H2,1H3. The van der Waals surface area contributed by atoms with E-state index in [-0.39, 0.29) is 0 Å². The summed E-state index contributed by atoms with van der Waals surface area (Å²) in [7, 11) is 0. The van der Waals surface area contributed by atoms with Crippen molar-refractivity contribution in [2.75, 3.05) is 0 Å². The Morgan fingerprint density at radius 1 is 0.810 bits per heavy atom. The first-order valence-corrected chi connectivity index (χ1v) is 8.05. The average molecular weight is 277 g/mol. The molecule has 0 radical (unpaired) electrons. The summed E-state index contributed by atoms with van der Waals surface area (Å²) in [5.41, 5.74) is 5.32. The van der Waals surface area contributed by atoms with Crippen molar-refractivity contribution in [3.8, 4) is 11.3 Å². The maximum atomic E-state index is 3.62. The van der Waals surface area contributed by atoms with E-state index in [0.717, 1.165) is 6.42 Å². The summed E-state index contributed by atoms with van der Waals surface area (Å²) < 4.78 is 0. The van der Waals surface area contributed by atoms with E-state index in [2.05, 4.69) is 66.5 Å². The lowest BCUT2D eigenvalue weighted by molar-refractivity contribution is 0.668. The minimum Gasteiger partial charge on any atom is -0.354 e. The van der Waals surface area contributed by atoms with Crippen LogP contribution < -0.4 is 0 Å². The number of benzene rings is 2. The first-order chi connectivity index (χ1) is 10.4. The van der Waals surface area contributed by atoms with Gasteiger partial charge in [0.25, 0.3) is 0 Å². The largest absolute Gasteiger partial charge is 0.354 e. The molecule has 108 valence electrons. The highest BCUT2D eigenvalue weighted by molar-refractivity contribution is 5.90. The van der Waals surface area contributed by atoms with E-state index in [4.69, 9.17) is 0 Å². The van der Waals surface area contributed by atoms with Crippen molar-refractivity contribution in [3.63, 3.8) is 0 Å². The fourth-order valence-corrected chi connectivity index (χ4v) is 3.04. The molecule has 0 saturated carbocycles. The van der Waals surface area contributed by atoms with E-state index >= 15 is 0 Å². The van der Waals surface area contributed by atoms with E-state index < -0.39 is 0 Å². The molecule has 0 aliphatic carbocycles. The fraction of sp³-hybridized carbons (Fsp3) is 0.300. The fourth-order valence-electron chi connectivity index (χ4n) is 3.04. The summed E-state index contributed by atoms with van der Waals surface area (Å²) in [6, 6.07) is 19.4. The maximum absolute atomic E-state index is 3.62. The van der Waals surface area contributed by atoms with Crippen LogP contribution in [0.2, 0.25) is 0 Å². The third-order valence-corrected chi connectivity index (χ3v) is 4.16. The van der Waals surface area contributed by atoms with Gasteiger partial charge >= 0.3 is 0 Å². The molecule has 1 heteroatoms. The van der Waals surface area contributed by atoms with Crippen LogP contribution in [0.25, 0.3) is 22.2 Å². The van der Waals surface area contributed by atoms with Crippen LogP contribution in [0.4, 0.5) is 0 Å². The molecule has 0 aliphatic rings. The van der Waals surface area contributed by atoms with E-state index in [9.17, 15) is 0 Å². The molecule has 3 rings (SSSR count). The van der Waals surface area contributed by atoms with E-state index in [1.54, 1.807) is 0 Å². The summed E-state index contributed by atoms with van der Waals surface area (Å²) in [4.78, 5) is 3.62. The third kappa shape index (κ3) is 3.02. The second-order valence-electron chi connectivity index (χ2n) is 5.70. The number of fused-ring (bicyclic) bond motifs is 1. The molecule has 0 spiro atoms. The minimum atomic E-state index is 1.16. The van der Waals surface area contributed by atoms with Crippen LogP contribution in [0.5, 0.6) is 0 Å². The molecule has 0 fully saturated rings. The van der Waals surface area contributed by atoms with Gasteiger partial charge in [-0.25, -0.2) is 0 Å². The van der Waals surface area contributed by atoms with Gasteiger partial charge in [0.2, 0.25) is 0 Å². The molecule has 0 amide bonds. The molecular formula is C20H23N. The average Bonchev–Trinajstić information content (AvgIpc) is 2.91. The number of aromatic nitrogens is 1. The van der Waals surface area contributed by atoms with Crippen molar-refractivity contribution in [2.24, 2.45) is 0 Å². The van der Waals surface area contributed by atoms with Crippen LogP contribution in [0.15, 0.2) is 54.6 Å². The van der Waals surface area contributed by atoms with E-state index in [1.807, 2.05) is 0 Å². The quantitative estimate of drug-likeness (QED) is 0.535. The molecule has 0 bridgehead atoms. The van der Waals surface area contributed by atoms with Crippen LogP contribution in [0, 0.1) is 0 Å². The first-order valence-electron chi connectivity index (χ1n) is 8.05. The van der Waals surface area contributed by atoms with Crippen LogP contribution in [0.1, 0.15) is 38.2 Å². The summed E-state index contributed by atoms with van der Waals surface area (Å²) >= 11 is 0. The molecule has 1 N–H and O–H groups in total. The normalized spacial score (nSPS) is 11.1. The number of para-hydroxylation sites is 1. The summed E-state index contributed by atoms with van der Waals surface area (Å²) in [5, 5.41) is 1.38. The number of aryl methyl sites for hydroxylation is 1. The van der Waals surface area contributed by atoms with Gasteiger partial charge in [0.1, 0.15) is 0 Å². The Morgan fingerprint density at radius 3 is 2.38 bits per heavy atom. The Bertz CT molecular complexity index is 694. The predicted molar refractivity (Wildman–Crippen MR) is 91.6 cm³/mol. The molecule has 1 heterocycles. The van der Waals surface area contributed by atoms with Crippen LogP contribution in [-0.4, -0.2) is 4.98 Å². The molecule has 0 unspecified atom stereocenters. The lowest BCUT2D eigenvalue weighted by Crippen LogP contribution is -1.89. The van der Waals surface area contributed by atoms with Crippen LogP contribution >= 0.6 is 0 Å². The molecule has 21 heavy (non-hydrogen) atoms. The van der Waals surface area contributed by atoms with Gasteiger partial charge in [-0.15, -0.1) is 0 Å². The second-order valence-corrected chi connectivity index (χ2v) is 5.70. The Balaban J connectivity index is 1.98. The zero-order valence-corrected chi connectivity index (χ0v) is 12.7. The maximum Gasteiger partial charge on any atom is 0.0497 e. The lowest BCUT2D eigenvalue weighted by Gasteiger charge is -2.05. The van der Waals surface area contributed by atoms with Gasteiger partial charge < -0.3 is 4.98 Å². The lowest BCUT2D eigenvalue weighted by atomic mass is 9.99. The monoisotopic (exact) mass is 277 g/mol. The number of unbranched alkanes of at least 4 members (excludes halogenated alkanes) is 3. The van der Waals surface area contributed by atoms with Gasteiger partial charge in [0.15, 0.2) is 0 Å². The smallest absolute Gasteiger partial charge is 0.0497 e. The van der Waals surface area contributed by atoms with Crippen LogP contribution in [0.3, 0.4) is 0 Å². The molecule has 1 nitrogen and oxygen atoms in total. The molecule has 1 aromatic heterocycles. The number of rotatable bonds is 6. The molecule has 0 aliphatic heterocycles. The third-order valence-electron chi connectivity index (χ3n) is 4.16. The Kier molecular flexibility index (Phi) is 4.40. The number of hydrogen-bond acceptors (Lipinski definition) is 0. The van der Waals surface area contributed by atoms with Crippen molar-refractivity contribution < 1.29 is 0 Å². The Morgan fingerprint density at radius 2 is 1.57 bits per heavy atom. The van der Waals surface area contributed by atoms with Crippen molar-refractivity contribution in [1.29, 1.82) is 0 Å². The molecule has 0 atom stereocenters. The first kappa shape index (κ1) is 13.9. The number of H-pyrrole nitrogens is 1. The number of aromatic amines is 1. The van der Waals surface area contributed by atoms with Gasteiger partial charge in [-0.1, -0.05) is 74.7 Å². The number of nitrogens with one attached hydrogen (secondary N) is 1. The Hall–Kier alpha value is -2.02. The second kappa shape index (κ2) is 6.62. The summed E-state index contributed by atoms with van der Waals surface area (Å²) in [5.74, 6) is 0. The molecule has 0 saturated heterocycles. The topological polar surface area (TPSA) is 15.8 Å². The van der Waals surface area contributed by atoms with Gasteiger partial charge in [0, 0.05) is 16.6 Å². The van der Waals surface area contributed by atoms with Gasteiger partial charge in [0.05, 0.1) is 0 Å². The van der Waals surface area contributed by atoms with Gasteiger partial charge in [-0.2, -0.15) is 0 Å². The van der Waals surface area contributed by atoms with E-state index in [0.29, 0.717) is 0 Å². The molecule has 2 aromatic carbocycles. The zero-order valence-electron chi connectivity index (χ0n) is 12.7. The SMILES string of the molecule is CCCCCCc1c(-c2ccccc2)[nH]c2ccccc12.